The van der Waals surface area contributed by atoms with Gasteiger partial charge in [0, 0.05) is 37.3 Å². The molecule has 1 aromatic heterocycles. The van der Waals surface area contributed by atoms with Crippen molar-refractivity contribution in [1.82, 2.24) is 9.88 Å². The average Bonchev–Trinajstić information content (AvgIpc) is 2.64. The summed E-state index contributed by atoms with van der Waals surface area (Å²) < 4.78 is 5.79. The minimum atomic E-state index is -0.859. The molecule has 1 fully saturated rings. The first-order valence-corrected chi connectivity index (χ1v) is 9.29. The second-order valence-corrected chi connectivity index (χ2v) is 6.76. The van der Waals surface area contributed by atoms with Crippen molar-refractivity contribution in [2.24, 2.45) is 0 Å². The van der Waals surface area contributed by atoms with Crippen molar-refractivity contribution in [2.75, 3.05) is 6.54 Å². The topological polar surface area (TPSA) is 79.7 Å². The Morgan fingerprint density at radius 1 is 1.19 bits per heavy atom. The maximum absolute atomic E-state index is 13.0. The van der Waals surface area contributed by atoms with E-state index in [1.807, 2.05) is 30.3 Å². The molecule has 1 amide bonds. The van der Waals surface area contributed by atoms with Crippen LogP contribution in [0.5, 0.6) is 5.88 Å². The molecular weight excluding hydrogens is 344 g/mol. The van der Waals surface area contributed by atoms with E-state index < -0.39 is 5.97 Å². The largest absolute Gasteiger partial charge is 0.481 e. The number of carbonyl (C=O) groups excluding carboxylic acids is 1. The third-order valence-electron chi connectivity index (χ3n) is 4.64. The Balaban J connectivity index is 1.72. The highest BCUT2D eigenvalue weighted by Gasteiger charge is 2.21. The zero-order chi connectivity index (χ0) is 19.1. The number of rotatable bonds is 9. The van der Waals surface area contributed by atoms with Crippen LogP contribution >= 0.6 is 0 Å². The van der Waals surface area contributed by atoms with Gasteiger partial charge in [-0.3, -0.25) is 9.59 Å². The van der Waals surface area contributed by atoms with Crippen LogP contribution in [0.1, 0.15) is 48.0 Å². The van der Waals surface area contributed by atoms with Gasteiger partial charge in [-0.15, -0.1) is 0 Å². The van der Waals surface area contributed by atoms with Gasteiger partial charge in [0.25, 0.3) is 5.91 Å². The summed E-state index contributed by atoms with van der Waals surface area (Å²) in [5.74, 6) is -0.539. The number of carboxylic acids is 1. The van der Waals surface area contributed by atoms with Gasteiger partial charge in [0.05, 0.1) is 0 Å². The SMILES string of the molecule is O=C(O)CCCN(Cc1ccccc1)C(=O)c1ccnc(OC2CCC2)c1. The highest BCUT2D eigenvalue weighted by Crippen LogP contribution is 2.24. The summed E-state index contributed by atoms with van der Waals surface area (Å²) in [6, 6.07) is 13.0. The molecular formula is C21H24N2O4. The van der Waals surface area contributed by atoms with Crippen LogP contribution < -0.4 is 4.74 Å². The lowest BCUT2D eigenvalue weighted by molar-refractivity contribution is -0.137. The normalized spacial score (nSPS) is 13.6. The van der Waals surface area contributed by atoms with Crippen LogP contribution in [0.15, 0.2) is 48.7 Å². The first kappa shape index (κ1) is 18.9. The number of hydrogen-bond acceptors (Lipinski definition) is 4. The summed E-state index contributed by atoms with van der Waals surface area (Å²) in [4.78, 5) is 29.8. The highest BCUT2D eigenvalue weighted by atomic mass is 16.5. The third-order valence-corrected chi connectivity index (χ3v) is 4.64. The second kappa shape index (κ2) is 9.16. The van der Waals surface area contributed by atoms with Gasteiger partial charge in [0.1, 0.15) is 6.10 Å². The molecule has 142 valence electrons. The van der Waals surface area contributed by atoms with E-state index >= 15 is 0 Å². The maximum Gasteiger partial charge on any atom is 0.303 e. The summed E-state index contributed by atoms with van der Waals surface area (Å²) in [5, 5.41) is 8.89. The van der Waals surface area contributed by atoms with Crippen LogP contribution in [-0.2, 0) is 11.3 Å². The van der Waals surface area contributed by atoms with E-state index in [1.54, 1.807) is 23.2 Å². The van der Waals surface area contributed by atoms with Crippen molar-refractivity contribution in [3.8, 4) is 5.88 Å². The van der Waals surface area contributed by atoms with Gasteiger partial charge in [-0.25, -0.2) is 4.98 Å². The van der Waals surface area contributed by atoms with Gasteiger partial charge >= 0.3 is 5.97 Å². The fourth-order valence-electron chi connectivity index (χ4n) is 2.93. The monoisotopic (exact) mass is 368 g/mol. The summed E-state index contributed by atoms with van der Waals surface area (Å²) in [7, 11) is 0. The standard InChI is InChI=1S/C21H24N2O4/c24-20(25)10-5-13-23(15-16-6-2-1-3-7-16)21(26)17-11-12-22-19(14-17)27-18-8-4-9-18/h1-3,6-7,11-12,14,18H,4-5,8-10,13,15H2,(H,24,25). The number of nitrogens with zero attached hydrogens (tertiary/aromatic N) is 2. The molecule has 0 radical (unpaired) electrons. The molecule has 1 saturated carbocycles. The zero-order valence-corrected chi connectivity index (χ0v) is 15.2. The summed E-state index contributed by atoms with van der Waals surface area (Å²) in [6.45, 7) is 0.807. The van der Waals surface area contributed by atoms with Crippen molar-refractivity contribution < 1.29 is 19.4 Å². The van der Waals surface area contributed by atoms with Crippen LogP contribution in [0.3, 0.4) is 0 Å². The molecule has 1 aliphatic carbocycles. The predicted molar refractivity (Wildman–Crippen MR) is 101 cm³/mol. The molecule has 0 spiro atoms. The third kappa shape index (κ3) is 5.54. The lowest BCUT2D eigenvalue weighted by atomic mass is 9.96. The minimum absolute atomic E-state index is 0.0327. The molecule has 1 N–H and O–H groups in total. The Bertz CT molecular complexity index is 775. The number of benzene rings is 1. The molecule has 1 heterocycles. The lowest BCUT2D eigenvalue weighted by Crippen LogP contribution is -2.32. The van der Waals surface area contributed by atoms with Crippen molar-refractivity contribution >= 4 is 11.9 Å². The number of carbonyl (C=O) groups is 2. The fraction of sp³-hybridized carbons (Fsp3) is 0.381. The molecule has 0 bridgehead atoms. The molecule has 0 unspecified atom stereocenters. The molecule has 0 aliphatic heterocycles. The van der Waals surface area contributed by atoms with Crippen molar-refractivity contribution in [1.29, 1.82) is 0 Å². The Morgan fingerprint density at radius 2 is 1.96 bits per heavy atom. The first-order valence-electron chi connectivity index (χ1n) is 9.29. The zero-order valence-electron chi connectivity index (χ0n) is 15.2. The van der Waals surface area contributed by atoms with E-state index in [-0.39, 0.29) is 18.4 Å². The Hall–Kier alpha value is -2.89. The van der Waals surface area contributed by atoms with Gasteiger partial charge in [-0.2, -0.15) is 0 Å². The average molecular weight is 368 g/mol. The number of aromatic nitrogens is 1. The summed E-state index contributed by atoms with van der Waals surface area (Å²) >= 11 is 0. The minimum Gasteiger partial charge on any atom is -0.481 e. The second-order valence-electron chi connectivity index (χ2n) is 6.76. The smallest absolute Gasteiger partial charge is 0.303 e. The molecule has 2 aromatic rings. The molecule has 1 aliphatic rings. The van der Waals surface area contributed by atoms with E-state index in [9.17, 15) is 9.59 Å². The predicted octanol–water partition coefficient (Wildman–Crippen LogP) is 3.52. The molecule has 6 heteroatoms. The first-order chi connectivity index (χ1) is 13.1. The van der Waals surface area contributed by atoms with Gasteiger partial charge in [0.15, 0.2) is 0 Å². The van der Waals surface area contributed by atoms with E-state index in [4.69, 9.17) is 9.84 Å². The van der Waals surface area contributed by atoms with Crippen molar-refractivity contribution in [2.45, 2.75) is 44.8 Å². The number of carboxylic acid groups (broad SMARTS) is 1. The Kier molecular flexibility index (Phi) is 6.41. The molecule has 0 saturated heterocycles. The Labute approximate surface area is 158 Å². The van der Waals surface area contributed by atoms with Crippen LogP contribution in [0.4, 0.5) is 0 Å². The van der Waals surface area contributed by atoms with Crippen molar-refractivity contribution in [3.05, 3.63) is 59.8 Å². The molecule has 27 heavy (non-hydrogen) atoms. The number of ether oxygens (including phenoxy) is 1. The number of hydrogen-bond donors (Lipinski definition) is 1. The van der Waals surface area contributed by atoms with Crippen LogP contribution in [0.2, 0.25) is 0 Å². The maximum atomic E-state index is 13.0. The quantitative estimate of drug-likeness (QED) is 0.732. The molecule has 0 atom stereocenters. The van der Waals surface area contributed by atoms with E-state index in [0.717, 1.165) is 24.8 Å². The van der Waals surface area contributed by atoms with Crippen LogP contribution in [-0.4, -0.2) is 39.5 Å². The molecule has 3 rings (SSSR count). The van der Waals surface area contributed by atoms with Gasteiger partial charge < -0.3 is 14.7 Å². The summed E-state index contributed by atoms with van der Waals surface area (Å²) in [6.07, 6.45) is 5.43. The van der Waals surface area contributed by atoms with Crippen LogP contribution in [0, 0.1) is 0 Å². The van der Waals surface area contributed by atoms with Gasteiger partial charge in [-0.05, 0) is 37.3 Å². The Morgan fingerprint density at radius 3 is 2.63 bits per heavy atom. The highest BCUT2D eigenvalue weighted by molar-refractivity contribution is 5.94. The van der Waals surface area contributed by atoms with Gasteiger partial charge in [0.2, 0.25) is 5.88 Å². The summed E-state index contributed by atoms with van der Waals surface area (Å²) in [5.41, 5.74) is 1.51. The van der Waals surface area contributed by atoms with E-state index in [1.165, 1.54) is 0 Å². The molecule has 1 aromatic carbocycles. The number of aliphatic carboxylic acids is 1. The number of pyridine rings is 1. The van der Waals surface area contributed by atoms with E-state index in [2.05, 4.69) is 4.98 Å². The van der Waals surface area contributed by atoms with Crippen molar-refractivity contribution in [3.63, 3.8) is 0 Å². The van der Waals surface area contributed by atoms with Gasteiger partial charge in [-0.1, -0.05) is 30.3 Å². The van der Waals surface area contributed by atoms with E-state index in [0.29, 0.717) is 31.0 Å². The lowest BCUT2D eigenvalue weighted by Gasteiger charge is -2.26. The number of amides is 1. The van der Waals surface area contributed by atoms with Crippen LogP contribution in [0.25, 0.3) is 0 Å². The molecule has 6 nitrogen and oxygen atoms in total. The fourth-order valence-corrected chi connectivity index (χ4v) is 2.93.